The van der Waals surface area contributed by atoms with E-state index in [4.69, 9.17) is 5.11 Å². The fourth-order valence-electron chi connectivity index (χ4n) is 0.850. The van der Waals surface area contributed by atoms with Crippen molar-refractivity contribution >= 4 is 0 Å². The van der Waals surface area contributed by atoms with Crippen LogP contribution in [-0.2, 0) is 0 Å². The first kappa shape index (κ1) is 6.86. The molecule has 1 N–H and O–H groups in total. The molecule has 0 bridgehead atoms. The normalized spacial score (nSPS) is 34.7. The van der Waals surface area contributed by atoms with E-state index >= 15 is 0 Å². The molecule has 0 radical (unpaired) electrons. The zero-order chi connectivity index (χ0) is 7.07. The largest absolute Gasteiger partial charge is 0.396 e. The van der Waals surface area contributed by atoms with Gasteiger partial charge < -0.3 is 5.11 Å². The quantitative estimate of drug-likeness (QED) is 0.579. The van der Waals surface area contributed by atoms with Crippen LogP contribution in [0.4, 0.5) is 13.2 Å². The molecule has 1 rings (SSSR count). The molecular weight excluding hydrogens is 133 g/mol. The molecular formula is C5H7F3O. The molecule has 4 heteroatoms. The summed E-state index contributed by atoms with van der Waals surface area (Å²) in [6.07, 6.45) is -3.96. The minimum Gasteiger partial charge on any atom is -0.396 e. The Kier molecular flexibility index (Phi) is 1.42. The molecule has 0 amide bonds. The summed E-state index contributed by atoms with van der Waals surface area (Å²) in [6.45, 7) is -0.329. The standard InChI is InChI=1S/C5H7F3O/c6-5(7,8)4-1-3(4)2-9/h3-4,9H,1-2H2/t3-,4-/m1/s1. The second-order valence-electron chi connectivity index (χ2n) is 2.33. The molecule has 0 spiro atoms. The van der Waals surface area contributed by atoms with Crippen molar-refractivity contribution < 1.29 is 18.3 Å². The van der Waals surface area contributed by atoms with E-state index in [1.54, 1.807) is 0 Å². The summed E-state index contributed by atoms with van der Waals surface area (Å²) >= 11 is 0. The predicted molar refractivity (Wildman–Crippen MR) is 24.7 cm³/mol. The lowest BCUT2D eigenvalue weighted by molar-refractivity contribution is -0.152. The number of hydrogen-bond donors (Lipinski definition) is 1. The second-order valence-corrected chi connectivity index (χ2v) is 2.33. The molecule has 0 saturated heterocycles. The van der Waals surface area contributed by atoms with Crippen molar-refractivity contribution in [2.75, 3.05) is 6.61 Å². The number of aliphatic hydroxyl groups is 1. The van der Waals surface area contributed by atoms with Gasteiger partial charge >= 0.3 is 6.18 Å². The van der Waals surface area contributed by atoms with Gasteiger partial charge in [0.05, 0.1) is 5.92 Å². The molecule has 0 aromatic carbocycles. The van der Waals surface area contributed by atoms with Crippen LogP contribution in [0.25, 0.3) is 0 Å². The monoisotopic (exact) mass is 140 g/mol. The van der Waals surface area contributed by atoms with Gasteiger partial charge in [-0.2, -0.15) is 13.2 Å². The molecule has 2 atom stereocenters. The van der Waals surface area contributed by atoms with Crippen molar-refractivity contribution in [2.45, 2.75) is 12.6 Å². The lowest BCUT2D eigenvalue weighted by Gasteiger charge is -2.02. The highest BCUT2D eigenvalue weighted by atomic mass is 19.4. The SMILES string of the molecule is OC[C@H]1C[C@H]1C(F)(F)F. The zero-order valence-corrected chi connectivity index (χ0v) is 4.65. The summed E-state index contributed by atoms with van der Waals surface area (Å²) in [5, 5.41) is 8.24. The molecule has 1 aliphatic carbocycles. The number of alkyl halides is 3. The third-order valence-corrected chi connectivity index (χ3v) is 1.58. The maximum atomic E-state index is 11.6. The van der Waals surface area contributed by atoms with Gasteiger partial charge in [-0.25, -0.2) is 0 Å². The summed E-state index contributed by atoms with van der Waals surface area (Å²) in [7, 11) is 0. The fourth-order valence-corrected chi connectivity index (χ4v) is 0.850. The van der Waals surface area contributed by atoms with Gasteiger partial charge in [-0.1, -0.05) is 0 Å². The number of halogens is 3. The van der Waals surface area contributed by atoms with Crippen LogP contribution in [-0.4, -0.2) is 17.9 Å². The third kappa shape index (κ3) is 1.36. The molecule has 0 aliphatic heterocycles. The second kappa shape index (κ2) is 1.87. The van der Waals surface area contributed by atoms with Gasteiger partial charge in [0.2, 0.25) is 0 Å². The number of aliphatic hydroxyl groups excluding tert-OH is 1. The first-order chi connectivity index (χ1) is 4.05. The number of hydrogen-bond acceptors (Lipinski definition) is 1. The molecule has 0 heterocycles. The van der Waals surface area contributed by atoms with Gasteiger partial charge in [0.25, 0.3) is 0 Å². The van der Waals surface area contributed by atoms with Crippen LogP contribution in [0.5, 0.6) is 0 Å². The molecule has 54 valence electrons. The van der Waals surface area contributed by atoms with Gasteiger partial charge in [-0.3, -0.25) is 0 Å². The zero-order valence-electron chi connectivity index (χ0n) is 4.65. The van der Waals surface area contributed by atoms with E-state index < -0.39 is 18.0 Å². The molecule has 0 aromatic rings. The molecule has 1 aliphatic rings. The average molecular weight is 140 g/mol. The van der Waals surface area contributed by atoms with E-state index in [-0.39, 0.29) is 13.0 Å². The molecule has 1 nitrogen and oxygen atoms in total. The molecule has 1 saturated carbocycles. The minimum absolute atomic E-state index is 0.111. The lowest BCUT2D eigenvalue weighted by Crippen LogP contribution is -2.12. The van der Waals surface area contributed by atoms with E-state index in [0.717, 1.165) is 0 Å². The Labute approximate surface area is 50.5 Å². The van der Waals surface area contributed by atoms with Crippen LogP contribution in [0.15, 0.2) is 0 Å². The Morgan fingerprint density at radius 3 is 2.11 bits per heavy atom. The molecule has 1 fully saturated rings. The summed E-state index contributed by atoms with van der Waals surface area (Å²) in [5.41, 5.74) is 0. The topological polar surface area (TPSA) is 20.2 Å². The fraction of sp³-hybridized carbons (Fsp3) is 1.00. The number of rotatable bonds is 1. The summed E-state index contributed by atoms with van der Waals surface area (Å²) < 4.78 is 34.7. The Bertz CT molecular complexity index is 109. The maximum absolute atomic E-state index is 11.6. The summed E-state index contributed by atoms with van der Waals surface area (Å²) in [4.78, 5) is 0. The first-order valence-electron chi connectivity index (χ1n) is 2.73. The summed E-state index contributed by atoms with van der Waals surface area (Å²) in [6, 6.07) is 0. The Morgan fingerprint density at radius 1 is 1.44 bits per heavy atom. The van der Waals surface area contributed by atoms with Crippen LogP contribution in [0.2, 0.25) is 0 Å². The van der Waals surface area contributed by atoms with Crippen molar-refractivity contribution in [3.05, 3.63) is 0 Å². The Balaban J connectivity index is 2.33. The Morgan fingerprint density at radius 2 is 2.00 bits per heavy atom. The van der Waals surface area contributed by atoms with Crippen molar-refractivity contribution in [1.82, 2.24) is 0 Å². The van der Waals surface area contributed by atoms with E-state index in [2.05, 4.69) is 0 Å². The van der Waals surface area contributed by atoms with Crippen LogP contribution in [0, 0.1) is 11.8 Å². The first-order valence-corrected chi connectivity index (χ1v) is 2.73. The van der Waals surface area contributed by atoms with Gasteiger partial charge in [-0.15, -0.1) is 0 Å². The summed E-state index contributed by atoms with van der Waals surface area (Å²) in [5.74, 6) is -1.73. The van der Waals surface area contributed by atoms with Crippen molar-refractivity contribution in [3.8, 4) is 0 Å². The van der Waals surface area contributed by atoms with Gasteiger partial charge in [0.15, 0.2) is 0 Å². The molecule has 0 unspecified atom stereocenters. The predicted octanol–water partition coefficient (Wildman–Crippen LogP) is 1.18. The highest BCUT2D eigenvalue weighted by Crippen LogP contribution is 2.49. The average Bonchev–Trinajstić information content (AvgIpc) is 2.39. The van der Waals surface area contributed by atoms with Crippen molar-refractivity contribution in [1.29, 1.82) is 0 Å². The lowest BCUT2D eigenvalue weighted by atomic mass is 10.3. The molecule has 0 aromatic heterocycles. The van der Waals surface area contributed by atoms with Crippen molar-refractivity contribution in [2.24, 2.45) is 11.8 Å². The smallest absolute Gasteiger partial charge is 0.392 e. The van der Waals surface area contributed by atoms with Crippen LogP contribution < -0.4 is 0 Å². The van der Waals surface area contributed by atoms with E-state index in [9.17, 15) is 13.2 Å². The van der Waals surface area contributed by atoms with Crippen LogP contribution >= 0.6 is 0 Å². The maximum Gasteiger partial charge on any atom is 0.392 e. The van der Waals surface area contributed by atoms with E-state index in [1.165, 1.54) is 0 Å². The van der Waals surface area contributed by atoms with Crippen LogP contribution in [0.1, 0.15) is 6.42 Å². The highest BCUT2D eigenvalue weighted by Gasteiger charge is 2.55. The van der Waals surface area contributed by atoms with E-state index in [1.807, 2.05) is 0 Å². The van der Waals surface area contributed by atoms with Gasteiger partial charge in [0, 0.05) is 6.61 Å². The van der Waals surface area contributed by atoms with Gasteiger partial charge in [0.1, 0.15) is 0 Å². The van der Waals surface area contributed by atoms with Crippen molar-refractivity contribution in [3.63, 3.8) is 0 Å². The molecule has 9 heavy (non-hydrogen) atoms. The minimum atomic E-state index is -4.08. The third-order valence-electron chi connectivity index (χ3n) is 1.58. The highest BCUT2D eigenvalue weighted by molar-refractivity contribution is 4.90. The van der Waals surface area contributed by atoms with Gasteiger partial charge in [-0.05, 0) is 12.3 Å². The Hall–Kier alpha value is -0.250. The van der Waals surface area contributed by atoms with E-state index in [0.29, 0.717) is 0 Å². The van der Waals surface area contributed by atoms with Crippen LogP contribution in [0.3, 0.4) is 0 Å².